The molecule has 0 saturated heterocycles. The van der Waals surface area contributed by atoms with Gasteiger partial charge in [-0.3, -0.25) is 5.32 Å². The van der Waals surface area contributed by atoms with Crippen LogP contribution in [0.15, 0.2) is 34.8 Å². The lowest BCUT2D eigenvalue weighted by atomic mass is 10.0. The number of alkyl halides is 1. The number of aliphatic hydroxyl groups excluding tert-OH is 2. The molecular weight excluding hydrogens is 725 g/mol. The van der Waals surface area contributed by atoms with E-state index in [0.717, 1.165) is 55.7 Å². The number of hydrogen-bond acceptors (Lipinski definition) is 7. The summed E-state index contributed by atoms with van der Waals surface area (Å²) in [5.74, 6) is 1.73. The highest BCUT2D eigenvalue weighted by Gasteiger charge is 2.14. The molecule has 0 rings (SSSR count). The van der Waals surface area contributed by atoms with Crippen LogP contribution in [0.3, 0.4) is 0 Å². The lowest BCUT2D eigenvalue weighted by Crippen LogP contribution is -2.20. The van der Waals surface area contributed by atoms with E-state index in [-0.39, 0.29) is 6.73 Å². The van der Waals surface area contributed by atoms with Gasteiger partial charge < -0.3 is 26.6 Å². The number of allylic oxidation sites excluding steroid dienone is 4. The van der Waals surface area contributed by atoms with E-state index in [2.05, 4.69) is 54.1 Å². The molecule has 1 atom stereocenters. The minimum absolute atomic E-state index is 0.248. The van der Waals surface area contributed by atoms with Crippen LogP contribution in [0.2, 0.25) is 0 Å². The molecule has 0 bridgehead atoms. The zero-order valence-corrected chi connectivity index (χ0v) is 38.0. The van der Waals surface area contributed by atoms with Crippen LogP contribution >= 0.6 is 22.6 Å². The molecule has 0 fully saturated rings. The van der Waals surface area contributed by atoms with E-state index in [9.17, 15) is 5.11 Å². The van der Waals surface area contributed by atoms with Crippen molar-refractivity contribution >= 4 is 22.6 Å². The van der Waals surface area contributed by atoms with Crippen molar-refractivity contribution in [2.75, 3.05) is 25.3 Å². The van der Waals surface area contributed by atoms with Gasteiger partial charge in [0.1, 0.15) is 13.0 Å². The van der Waals surface area contributed by atoms with Gasteiger partial charge in [0.15, 0.2) is 5.76 Å². The van der Waals surface area contributed by atoms with Gasteiger partial charge in [0.05, 0.1) is 5.76 Å². The Balaban J connectivity index is -0.000000263. The number of aliphatic hydroxyl groups is 2. The molecule has 0 aliphatic heterocycles. The lowest BCUT2D eigenvalue weighted by Gasteiger charge is -2.15. The Kier molecular flexibility index (Phi) is 77.0. The Morgan fingerprint density at radius 2 is 1.06 bits per heavy atom. The molecule has 0 amide bonds. The molecule has 0 heterocycles. The highest BCUT2D eigenvalue weighted by molar-refractivity contribution is 14.1. The highest BCUT2D eigenvalue weighted by Crippen LogP contribution is 2.25. The highest BCUT2D eigenvalue weighted by atomic mass is 127. The zero-order valence-electron chi connectivity index (χ0n) is 35.8. The normalized spacial score (nSPS) is 11.3. The molecule has 1 unspecified atom stereocenters. The summed E-state index contributed by atoms with van der Waals surface area (Å²) >= 11 is 2.15. The molecule has 0 radical (unpaired) electrons. The number of unbranched alkanes of at least 4 members (excludes halogenated alkanes) is 11. The van der Waals surface area contributed by atoms with E-state index in [0.29, 0.717) is 29.9 Å². The topological polar surface area (TPSA) is 123 Å². The molecule has 7 nitrogen and oxygen atoms in total. The molecule has 49 heavy (non-hydrogen) atoms. The Hall–Kier alpha value is -0.650. The second kappa shape index (κ2) is 59.5. The van der Waals surface area contributed by atoms with Crippen molar-refractivity contribution in [1.29, 1.82) is 0 Å². The van der Waals surface area contributed by atoms with Crippen molar-refractivity contribution in [1.82, 2.24) is 5.32 Å². The minimum Gasteiger partial charge on any atom is -0.512 e. The third-order valence-electron chi connectivity index (χ3n) is 6.86. The number of hydrogen-bond donors (Lipinski definition) is 5. The van der Waals surface area contributed by atoms with Crippen molar-refractivity contribution in [2.24, 2.45) is 17.4 Å². The smallest absolute Gasteiger partial charge is 0.174 e. The molecule has 0 saturated carbocycles. The van der Waals surface area contributed by atoms with Gasteiger partial charge in [-0.25, -0.2) is 0 Å². The summed E-state index contributed by atoms with van der Waals surface area (Å²) in [5.41, 5.74) is 12.3. The van der Waals surface area contributed by atoms with Crippen LogP contribution in [0.4, 0.5) is 0 Å². The average molecular weight is 818 g/mol. The Morgan fingerprint density at radius 1 is 0.673 bits per heavy atom. The van der Waals surface area contributed by atoms with E-state index >= 15 is 0 Å². The Bertz CT molecular complexity index is 655. The van der Waals surface area contributed by atoms with Crippen LogP contribution in [0.1, 0.15) is 193 Å². The number of halogens is 1. The van der Waals surface area contributed by atoms with Crippen molar-refractivity contribution in [3.63, 3.8) is 0 Å². The maximum absolute atomic E-state index is 10.7. The molecule has 0 aromatic carbocycles. The molecular formula is C41H92IN3O4. The van der Waals surface area contributed by atoms with E-state index in [1.54, 1.807) is 0 Å². The summed E-state index contributed by atoms with van der Waals surface area (Å²) in [6.07, 6.45) is 17.6. The van der Waals surface area contributed by atoms with E-state index < -0.39 is 6.23 Å². The first-order valence-electron chi connectivity index (χ1n) is 19.8. The van der Waals surface area contributed by atoms with Crippen LogP contribution in [0.5, 0.6) is 0 Å². The van der Waals surface area contributed by atoms with E-state index in [1.807, 2.05) is 81.1 Å². The fraction of sp³-hybridized carbons (Fsp3) is 0.854. The second-order valence-corrected chi connectivity index (χ2v) is 11.0. The first kappa shape index (κ1) is 63.4. The van der Waals surface area contributed by atoms with Crippen LogP contribution in [-0.4, -0.2) is 41.7 Å². The Labute approximate surface area is 323 Å². The van der Waals surface area contributed by atoms with Gasteiger partial charge in [0, 0.05) is 12.0 Å². The summed E-state index contributed by atoms with van der Waals surface area (Å²) < 4.78 is 0. The Morgan fingerprint density at radius 3 is 1.47 bits per heavy atom. The van der Waals surface area contributed by atoms with Crippen LogP contribution in [0.25, 0.3) is 0 Å². The lowest BCUT2D eigenvalue weighted by molar-refractivity contribution is -0.264. The van der Waals surface area contributed by atoms with Crippen molar-refractivity contribution in [2.45, 2.75) is 199 Å². The summed E-state index contributed by atoms with van der Waals surface area (Å²) in [7, 11) is 1.50. The number of nitrogens with two attached hydrogens (primary N) is 2. The fourth-order valence-corrected chi connectivity index (χ4v) is 4.16. The van der Waals surface area contributed by atoms with E-state index in [4.69, 9.17) is 20.6 Å². The SMILES string of the molecule is C=C(C)/C(C)=C(OOCNCCCCCC(N)O)\C(C)=C(/O)CCCCCCCCCCCCC(C)C.CC.CC.CC.CC.CI.CN. The molecule has 0 aliphatic rings. The van der Waals surface area contributed by atoms with Crippen molar-refractivity contribution in [3.05, 3.63) is 34.8 Å². The summed E-state index contributed by atoms with van der Waals surface area (Å²) in [6, 6.07) is 0. The molecule has 302 valence electrons. The van der Waals surface area contributed by atoms with Gasteiger partial charge in [-0.2, -0.15) is 4.89 Å². The van der Waals surface area contributed by atoms with Gasteiger partial charge in [0.25, 0.3) is 0 Å². The third kappa shape index (κ3) is 54.3. The van der Waals surface area contributed by atoms with Gasteiger partial charge in [-0.15, -0.1) is 0 Å². The van der Waals surface area contributed by atoms with Crippen LogP contribution in [-0.2, 0) is 9.78 Å². The van der Waals surface area contributed by atoms with Gasteiger partial charge in [-0.05, 0) is 76.5 Å². The van der Waals surface area contributed by atoms with Gasteiger partial charge in [0.2, 0.25) is 0 Å². The van der Waals surface area contributed by atoms with Crippen LogP contribution < -0.4 is 16.8 Å². The first-order valence-corrected chi connectivity index (χ1v) is 22.0. The number of nitrogens with one attached hydrogen (secondary N) is 1. The summed E-state index contributed by atoms with van der Waals surface area (Å²) in [5, 5.41) is 23.0. The largest absolute Gasteiger partial charge is 0.512 e. The molecule has 0 aromatic rings. The number of rotatable bonds is 25. The van der Waals surface area contributed by atoms with Gasteiger partial charge in [-0.1, -0.05) is 175 Å². The molecule has 8 heteroatoms. The molecule has 0 aliphatic carbocycles. The molecule has 0 spiro atoms. The quantitative estimate of drug-likeness (QED) is 0.00908. The van der Waals surface area contributed by atoms with Crippen molar-refractivity contribution < 1.29 is 20.0 Å². The standard InChI is InChI=1S/C31H60N2O4.4C2H6.CH3I.CH5N/c1-25(2)20-16-13-11-9-7-8-10-12-14-17-21-29(34)28(6)31(27(5)26(3)4)37-36-24-33-23-19-15-18-22-30(32)35;6*1-2/h25,30,33-35H,3,7-24,32H2,1-2,4-6H3;4*1-2H3;1H3;2H2,1H3/b29-28-,31-27+;;;;;;. The van der Waals surface area contributed by atoms with E-state index in [1.165, 1.54) is 64.8 Å². The third-order valence-corrected chi connectivity index (χ3v) is 6.86. The first-order chi connectivity index (χ1) is 23.7. The average Bonchev–Trinajstić information content (AvgIpc) is 3.13. The van der Waals surface area contributed by atoms with Crippen LogP contribution in [0, 0.1) is 5.92 Å². The zero-order chi connectivity index (χ0) is 39.9. The summed E-state index contributed by atoms with van der Waals surface area (Å²) in [4.78, 5) is 13.0. The second-order valence-electron chi connectivity index (χ2n) is 11.0. The fourth-order valence-electron chi connectivity index (χ4n) is 4.16. The monoisotopic (exact) mass is 818 g/mol. The maximum Gasteiger partial charge on any atom is 0.174 e. The molecule has 0 aromatic heterocycles. The molecule has 7 N–H and O–H groups in total. The predicted octanol–water partition coefficient (Wildman–Crippen LogP) is 13.1. The summed E-state index contributed by atoms with van der Waals surface area (Å²) in [6.45, 7) is 31.4. The predicted molar refractivity (Wildman–Crippen MR) is 232 cm³/mol. The van der Waals surface area contributed by atoms with Gasteiger partial charge >= 0.3 is 0 Å². The minimum atomic E-state index is -0.719. The maximum atomic E-state index is 10.7. The van der Waals surface area contributed by atoms with Crippen molar-refractivity contribution in [3.8, 4) is 0 Å².